The zero-order valence-electron chi connectivity index (χ0n) is 7.00. The highest BCUT2D eigenvalue weighted by molar-refractivity contribution is 5.76. The third-order valence-electron chi connectivity index (χ3n) is 1.59. The molecular weight excluding hydrogens is 148 g/mol. The molecule has 66 valence electrons. The van der Waals surface area contributed by atoms with Crippen molar-refractivity contribution in [2.24, 2.45) is 0 Å². The van der Waals surface area contributed by atoms with E-state index in [4.69, 9.17) is 14.9 Å². The number of aliphatic carboxylic acids is 1. The van der Waals surface area contributed by atoms with Crippen molar-refractivity contribution in [3.8, 4) is 0 Å². The lowest BCUT2D eigenvalue weighted by molar-refractivity contribution is -0.163. The molecule has 2 N–H and O–H groups in total. The zero-order valence-corrected chi connectivity index (χ0v) is 7.00. The highest BCUT2D eigenvalue weighted by Gasteiger charge is 2.34. The van der Waals surface area contributed by atoms with Gasteiger partial charge in [-0.3, -0.25) is 0 Å². The molecule has 0 aromatic rings. The first-order valence-electron chi connectivity index (χ1n) is 3.39. The Bertz CT molecular complexity index is 143. The number of hydrogen-bond donors (Lipinski definition) is 2. The average molecular weight is 162 g/mol. The van der Waals surface area contributed by atoms with Crippen molar-refractivity contribution in [3.63, 3.8) is 0 Å². The van der Waals surface area contributed by atoms with Crippen molar-refractivity contribution in [2.75, 3.05) is 7.11 Å². The number of carbonyl (C=O) groups is 1. The number of methoxy groups -OCH3 is 1. The van der Waals surface area contributed by atoms with Crippen molar-refractivity contribution in [2.45, 2.75) is 32.0 Å². The molecule has 0 aliphatic heterocycles. The van der Waals surface area contributed by atoms with Crippen molar-refractivity contribution >= 4 is 5.97 Å². The molecule has 2 unspecified atom stereocenters. The van der Waals surface area contributed by atoms with Gasteiger partial charge in [0.05, 0.1) is 6.10 Å². The van der Waals surface area contributed by atoms with E-state index in [9.17, 15) is 4.79 Å². The fraction of sp³-hybridized carbons (Fsp3) is 0.857. The smallest absolute Gasteiger partial charge is 0.335 e. The van der Waals surface area contributed by atoms with Crippen molar-refractivity contribution in [1.82, 2.24) is 0 Å². The summed E-state index contributed by atoms with van der Waals surface area (Å²) in [5.41, 5.74) is -1.27. The van der Waals surface area contributed by atoms with Crippen molar-refractivity contribution in [1.29, 1.82) is 0 Å². The maximum Gasteiger partial charge on any atom is 0.335 e. The molecule has 2 atom stereocenters. The minimum atomic E-state index is -1.27. The summed E-state index contributed by atoms with van der Waals surface area (Å²) >= 11 is 0. The Kier molecular flexibility index (Phi) is 3.48. The SMILES string of the molecule is COC(C)(CC(C)O)C(=O)O. The van der Waals surface area contributed by atoms with Gasteiger partial charge in [-0.15, -0.1) is 0 Å². The molecule has 0 aromatic carbocycles. The van der Waals surface area contributed by atoms with E-state index in [-0.39, 0.29) is 6.42 Å². The van der Waals surface area contributed by atoms with Gasteiger partial charge in [-0.1, -0.05) is 0 Å². The molecule has 0 fully saturated rings. The van der Waals surface area contributed by atoms with E-state index in [1.807, 2.05) is 0 Å². The Morgan fingerprint density at radius 1 is 1.73 bits per heavy atom. The standard InChI is InChI=1S/C7H14O4/c1-5(8)4-7(2,11-3)6(9)10/h5,8H,4H2,1-3H3,(H,9,10). The lowest BCUT2D eigenvalue weighted by atomic mass is 9.99. The van der Waals surface area contributed by atoms with Crippen LogP contribution in [0.4, 0.5) is 0 Å². The Hall–Kier alpha value is -0.610. The highest BCUT2D eigenvalue weighted by atomic mass is 16.5. The maximum absolute atomic E-state index is 10.6. The topological polar surface area (TPSA) is 66.8 Å². The molecule has 11 heavy (non-hydrogen) atoms. The number of ether oxygens (including phenoxy) is 1. The molecule has 0 radical (unpaired) electrons. The lowest BCUT2D eigenvalue weighted by Crippen LogP contribution is -2.40. The molecule has 0 bridgehead atoms. The van der Waals surface area contributed by atoms with Crippen LogP contribution in [0.3, 0.4) is 0 Å². The average Bonchev–Trinajstić information content (AvgIpc) is 1.86. The van der Waals surface area contributed by atoms with E-state index in [0.717, 1.165) is 0 Å². The van der Waals surface area contributed by atoms with E-state index in [1.54, 1.807) is 0 Å². The van der Waals surface area contributed by atoms with Crippen LogP contribution < -0.4 is 0 Å². The van der Waals surface area contributed by atoms with Gasteiger partial charge in [0.25, 0.3) is 0 Å². The third-order valence-corrected chi connectivity index (χ3v) is 1.59. The fourth-order valence-corrected chi connectivity index (χ4v) is 0.822. The Labute approximate surface area is 65.8 Å². The second-order valence-electron chi connectivity index (χ2n) is 2.79. The molecule has 0 rings (SSSR count). The lowest BCUT2D eigenvalue weighted by Gasteiger charge is -2.24. The molecule has 4 heteroatoms. The quantitative estimate of drug-likeness (QED) is 0.621. The van der Waals surface area contributed by atoms with Crippen LogP contribution in [0.25, 0.3) is 0 Å². The van der Waals surface area contributed by atoms with E-state index < -0.39 is 17.7 Å². The number of hydrogen-bond acceptors (Lipinski definition) is 3. The molecule has 0 amide bonds. The van der Waals surface area contributed by atoms with Gasteiger partial charge in [-0.25, -0.2) is 4.79 Å². The monoisotopic (exact) mass is 162 g/mol. The second-order valence-corrected chi connectivity index (χ2v) is 2.79. The highest BCUT2D eigenvalue weighted by Crippen LogP contribution is 2.16. The van der Waals surface area contributed by atoms with Crippen molar-refractivity contribution < 1.29 is 19.7 Å². The van der Waals surface area contributed by atoms with Gasteiger partial charge in [-0.2, -0.15) is 0 Å². The summed E-state index contributed by atoms with van der Waals surface area (Å²) < 4.78 is 4.75. The Morgan fingerprint density at radius 3 is 2.27 bits per heavy atom. The normalized spacial score (nSPS) is 18.9. The van der Waals surface area contributed by atoms with Gasteiger partial charge in [0.2, 0.25) is 0 Å². The van der Waals surface area contributed by atoms with E-state index in [2.05, 4.69) is 0 Å². The summed E-state index contributed by atoms with van der Waals surface area (Å²) in [6.45, 7) is 2.96. The number of aliphatic hydroxyl groups is 1. The van der Waals surface area contributed by atoms with Crippen LogP contribution in [0.15, 0.2) is 0 Å². The van der Waals surface area contributed by atoms with Crippen LogP contribution in [-0.4, -0.2) is 35.0 Å². The molecular formula is C7H14O4. The largest absolute Gasteiger partial charge is 0.479 e. The van der Waals surface area contributed by atoms with Crippen LogP contribution in [0.1, 0.15) is 20.3 Å². The van der Waals surface area contributed by atoms with Crippen LogP contribution >= 0.6 is 0 Å². The maximum atomic E-state index is 10.6. The Morgan fingerprint density at radius 2 is 2.18 bits per heavy atom. The van der Waals surface area contributed by atoms with E-state index >= 15 is 0 Å². The van der Waals surface area contributed by atoms with Gasteiger partial charge in [-0.05, 0) is 13.8 Å². The molecule has 4 nitrogen and oxygen atoms in total. The first-order valence-corrected chi connectivity index (χ1v) is 3.39. The summed E-state index contributed by atoms with van der Waals surface area (Å²) in [5.74, 6) is -1.05. The summed E-state index contributed by atoms with van der Waals surface area (Å²) in [6.07, 6.45) is -0.574. The first kappa shape index (κ1) is 10.4. The summed E-state index contributed by atoms with van der Waals surface area (Å²) in [5, 5.41) is 17.6. The van der Waals surface area contributed by atoms with Gasteiger partial charge >= 0.3 is 5.97 Å². The molecule has 0 aliphatic carbocycles. The van der Waals surface area contributed by atoms with Crippen molar-refractivity contribution in [3.05, 3.63) is 0 Å². The molecule has 0 aromatic heterocycles. The second kappa shape index (κ2) is 3.69. The van der Waals surface area contributed by atoms with Crippen LogP contribution in [0.2, 0.25) is 0 Å². The van der Waals surface area contributed by atoms with Gasteiger partial charge < -0.3 is 14.9 Å². The molecule has 0 aliphatic rings. The minimum absolute atomic E-state index is 0.0961. The summed E-state index contributed by atoms with van der Waals surface area (Å²) in [7, 11) is 1.32. The third kappa shape index (κ3) is 2.86. The fourth-order valence-electron chi connectivity index (χ4n) is 0.822. The number of aliphatic hydroxyl groups excluding tert-OH is 1. The zero-order chi connectivity index (χ0) is 9.07. The molecule has 0 spiro atoms. The van der Waals surface area contributed by atoms with Crippen LogP contribution in [0, 0.1) is 0 Å². The number of carboxylic acid groups (broad SMARTS) is 1. The predicted molar refractivity (Wildman–Crippen MR) is 39.3 cm³/mol. The van der Waals surface area contributed by atoms with Crippen LogP contribution in [0.5, 0.6) is 0 Å². The van der Waals surface area contributed by atoms with Gasteiger partial charge in [0, 0.05) is 13.5 Å². The first-order chi connectivity index (χ1) is 4.92. The van der Waals surface area contributed by atoms with E-state index in [1.165, 1.54) is 21.0 Å². The Balaban J connectivity index is 4.22. The summed E-state index contributed by atoms with van der Waals surface area (Å²) in [6, 6.07) is 0. The van der Waals surface area contributed by atoms with Gasteiger partial charge in [0.15, 0.2) is 5.60 Å². The minimum Gasteiger partial charge on any atom is -0.479 e. The molecule has 0 saturated heterocycles. The van der Waals surface area contributed by atoms with E-state index in [0.29, 0.717) is 0 Å². The summed E-state index contributed by atoms with van der Waals surface area (Å²) in [4.78, 5) is 10.6. The number of rotatable bonds is 4. The molecule has 0 heterocycles. The predicted octanol–water partition coefficient (Wildman–Crippen LogP) is 0.247. The number of carboxylic acids is 1. The van der Waals surface area contributed by atoms with Gasteiger partial charge in [0.1, 0.15) is 0 Å². The molecule has 0 saturated carbocycles. The van der Waals surface area contributed by atoms with Crippen LogP contribution in [-0.2, 0) is 9.53 Å².